The second kappa shape index (κ2) is 6.17. The number of alkyl halides is 3. The molecule has 1 aromatic heterocycles. The Labute approximate surface area is 135 Å². The van der Waals surface area contributed by atoms with Crippen molar-refractivity contribution in [1.29, 1.82) is 0 Å². The molecule has 0 radical (unpaired) electrons. The Morgan fingerprint density at radius 3 is 2.35 bits per heavy atom. The topological polar surface area (TPSA) is 12.0 Å². The van der Waals surface area contributed by atoms with Gasteiger partial charge in [-0.25, -0.2) is 0 Å². The maximum absolute atomic E-state index is 13.1. The van der Waals surface area contributed by atoms with Crippen molar-refractivity contribution in [3.05, 3.63) is 54.6 Å². The second-order valence-corrected chi connectivity index (χ2v) is 7.33. The van der Waals surface area contributed by atoms with E-state index >= 15 is 0 Å². The first-order valence-electron chi connectivity index (χ1n) is 5.62. The summed E-state index contributed by atoms with van der Waals surface area (Å²) in [6, 6.07) is 6.96. The smallest absolute Gasteiger partial charge is 0.309 e. The van der Waals surface area contributed by atoms with Gasteiger partial charge < -0.3 is 5.32 Å². The van der Waals surface area contributed by atoms with Crippen LogP contribution in [0.2, 0.25) is 0 Å². The van der Waals surface area contributed by atoms with Gasteiger partial charge in [0.05, 0.1) is 15.4 Å². The molecule has 0 saturated carbocycles. The lowest BCUT2D eigenvalue weighted by molar-refractivity contribution is -0.138. The third-order valence-electron chi connectivity index (χ3n) is 2.81. The summed E-state index contributed by atoms with van der Waals surface area (Å²) in [7, 11) is 1.65. The fourth-order valence-corrected chi connectivity index (χ4v) is 4.18. The van der Waals surface area contributed by atoms with Gasteiger partial charge in [-0.3, -0.25) is 0 Å². The highest BCUT2D eigenvalue weighted by molar-refractivity contribution is 9.13. The summed E-state index contributed by atoms with van der Waals surface area (Å²) in [5.74, 6) is 0. The second-order valence-electron chi connectivity index (χ2n) is 4.08. The Bertz CT molecular complexity index is 590. The van der Waals surface area contributed by atoms with Crippen molar-refractivity contribution in [2.75, 3.05) is 7.05 Å². The van der Waals surface area contributed by atoms with Crippen LogP contribution in [0, 0.1) is 0 Å². The number of hydrogen-bond acceptors (Lipinski definition) is 2. The first-order chi connectivity index (χ1) is 9.34. The van der Waals surface area contributed by atoms with E-state index in [4.69, 9.17) is 0 Å². The van der Waals surface area contributed by atoms with Crippen LogP contribution < -0.4 is 5.32 Å². The van der Waals surface area contributed by atoms with Gasteiger partial charge in [-0.1, -0.05) is 18.2 Å². The monoisotopic (exact) mass is 427 g/mol. The van der Waals surface area contributed by atoms with E-state index in [1.54, 1.807) is 13.1 Å². The van der Waals surface area contributed by atoms with Gasteiger partial charge in [0, 0.05) is 9.35 Å². The molecule has 0 amide bonds. The van der Waals surface area contributed by atoms with Crippen LogP contribution in [0.3, 0.4) is 0 Å². The lowest BCUT2D eigenvalue weighted by atomic mass is 9.99. The molecular weight excluding hydrogens is 419 g/mol. The van der Waals surface area contributed by atoms with Crippen LogP contribution in [0.1, 0.15) is 22.0 Å². The van der Waals surface area contributed by atoms with Gasteiger partial charge in [-0.05, 0) is 56.6 Å². The van der Waals surface area contributed by atoms with E-state index in [0.717, 1.165) is 19.2 Å². The quantitative estimate of drug-likeness (QED) is 0.670. The predicted molar refractivity (Wildman–Crippen MR) is 82.1 cm³/mol. The Morgan fingerprint density at radius 1 is 1.20 bits per heavy atom. The predicted octanol–water partition coefficient (Wildman–Crippen LogP) is 5.60. The molecule has 1 atom stereocenters. The lowest BCUT2D eigenvalue weighted by Gasteiger charge is -2.20. The summed E-state index contributed by atoms with van der Waals surface area (Å²) >= 11 is 8.12. The van der Waals surface area contributed by atoms with Crippen molar-refractivity contribution in [2.45, 2.75) is 12.2 Å². The van der Waals surface area contributed by atoms with Gasteiger partial charge in [0.1, 0.15) is 0 Å². The molecule has 1 unspecified atom stereocenters. The van der Waals surface area contributed by atoms with Crippen LogP contribution in [0.15, 0.2) is 38.6 Å². The molecule has 1 aromatic carbocycles. The minimum absolute atomic E-state index is 0.226. The molecule has 0 fully saturated rings. The summed E-state index contributed by atoms with van der Waals surface area (Å²) in [4.78, 5) is 0.808. The highest BCUT2D eigenvalue weighted by Crippen LogP contribution is 2.41. The van der Waals surface area contributed by atoms with E-state index in [1.807, 2.05) is 6.07 Å². The van der Waals surface area contributed by atoms with Crippen LogP contribution in [0.4, 0.5) is 13.2 Å². The van der Waals surface area contributed by atoms with E-state index in [2.05, 4.69) is 37.2 Å². The zero-order valence-corrected chi connectivity index (χ0v) is 14.3. The molecular formula is C13H10Br2F3NS. The highest BCUT2D eigenvalue weighted by atomic mass is 79.9. The summed E-state index contributed by atoms with van der Waals surface area (Å²) < 4.78 is 41.0. The SMILES string of the molecule is CNC(c1cc(Br)c(Br)s1)c1ccccc1C(F)(F)F. The Morgan fingerprint density at radius 2 is 1.85 bits per heavy atom. The highest BCUT2D eigenvalue weighted by Gasteiger charge is 2.35. The molecule has 1 nitrogen and oxygen atoms in total. The molecule has 0 bridgehead atoms. The van der Waals surface area contributed by atoms with Gasteiger partial charge in [0.2, 0.25) is 0 Å². The largest absolute Gasteiger partial charge is 0.416 e. The molecule has 0 spiro atoms. The van der Waals surface area contributed by atoms with Gasteiger partial charge >= 0.3 is 6.18 Å². The number of hydrogen-bond donors (Lipinski definition) is 1. The Balaban J connectivity index is 2.53. The molecule has 0 aliphatic rings. The molecule has 0 saturated heterocycles. The number of rotatable bonds is 3. The van der Waals surface area contributed by atoms with Gasteiger partial charge in [-0.2, -0.15) is 13.2 Å². The van der Waals surface area contributed by atoms with E-state index in [1.165, 1.54) is 23.5 Å². The minimum Gasteiger partial charge on any atom is -0.309 e. The summed E-state index contributed by atoms with van der Waals surface area (Å²) in [6.45, 7) is 0. The molecule has 1 heterocycles. The first-order valence-corrected chi connectivity index (χ1v) is 8.03. The third kappa shape index (κ3) is 3.27. The average molecular weight is 429 g/mol. The molecule has 2 aromatic rings. The van der Waals surface area contributed by atoms with Gasteiger partial charge in [0.25, 0.3) is 0 Å². The van der Waals surface area contributed by atoms with Crippen molar-refractivity contribution in [1.82, 2.24) is 5.32 Å². The average Bonchev–Trinajstić information content (AvgIpc) is 2.70. The van der Waals surface area contributed by atoms with E-state index < -0.39 is 17.8 Å². The van der Waals surface area contributed by atoms with E-state index in [-0.39, 0.29) is 5.56 Å². The first kappa shape index (κ1) is 16.0. The maximum atomic E-state index is 13.1. The zero-order chi connectivity index (χ0) is 14.9. The zero-order valence-electron chi connectivity index (χ0n) is 10.3. The molecule has 0 aliphatic carbocycles. The number of halogens is 5. The van der Waals surface area contributed by atoms with Crippen molar-refractivity contribution < 1.29 is 13.2 Å². The number of benzene rings is 1. The summed E-state index contributed by atoms with van der Waals surface area (Å²) in [6.07, 6.45) is -4.36. The van der Waals surface area contributed by atoms with Crippen LogP contribution in [-0.2, 0) is 6.18 Å². The number of nitrogens with one attached hydrogen (secondary N) is 1. The maximum Gasteiger partial charge on any atom is 0.416 e. The van der Waals surface area contributed by atoms with Crippen LogP contribution >= 0.6 is 43.2 Å². The number of thiophene rings is 1. The van der Waals surface area contributed by atoms with Gasteiger partial charge in [0.15, 0.2) is 0 Å². The molecule has 108 valence electrons. The lowest BCUT2D eigenvalue weighted by Crippen LogP contribution is -2.21. The van der Waals surface area contributed by atoms with Crippen molar-refractivity contribution in [2.24, 2.45) is 0 Å². The minimum atomic E-state index is -4.36. The normalized spacial score (nSPS) is 13.5. The standard InChI is InChI=1S/C13H10Br2F3NS/c1-19-11(10-6-9(14)12(15)20-10)7-4-2-3-5-8(7)13(16,17)18/h2-6,11,19H,1H3. The van der Waals surface area contributed by atoms with Crippen molar-refractivity contribution in [3.8, 4) is 0 Å². The summed E-state index contributed by atoms with van der Waals surface area (Å²) in [5.41, 5.74) is -0.385. The van der Waals surface area contributed by atoms with E-state index in [0.29, 0.717) is 0 Å². The third-order valence-corrected chi connectivity index (χ3v) is 6.14. The molecule has 20 heavy (non-hydrogen) atoms. The molecule has 2 rings (SSSR count). The van der Waals surface area contributed by atoms with Gasteiger partial charge in [-0.15, -0.1) is 11.3 Å². The Hall–Kier alpha value is -0.370. The van der Waals surface area contributed by atoms with Crippen molar-refractivity contribution in [3.63, 3.8) is 0 Å². The van der Waals surface area contributed by atoms with Crippen LogP contribution in [0.25, 0.3) is 0 Å². The Kier molecular flexibility index (Phi) is 4.94. The van der Waals surface area contributed by atoms with Crippen molar-refractivity contribution >= 4 is 43.2 Å². The molecule has 1 N–H and O–H groups in total. The molecule has 7 heteroatoms. The van der Waals surface area contributed by atoms with E-state index in [9.17, 15) is 13.2 Å². The van der Waals surface area contributed by atoms with Crippen LogP contribution in [0.5, 0.6) is 0 Å². The fourth-order valence-electron chi connectivity index (χ4n) is 1.96. The molecule has 0 aliphatic heterocycles. The summed E-state index contributed by atoms with van der Waals surface area (Å²) in [5, 5.41) is 2.96. The van der Waals surface area contributed by atoms with Crippen LogP contribution in [-0.4, -0.2) is 7.05 Å². The fraction of sp³-hybridized carbons (Fsp3) is 0.231.